The van der Waals surface area contributed by atoms with Gasteiger partial charge in [-0.05, 0) is 104 Å². The van der Waals surface area contributed by atoms with Crippen molar-refractivity contribution in [2.45, 2.75) is 131 Å². The van der Waals surface area contributed by atoms with Crippen LogP contribution in [0.2, 0.25) is 0 Å². The molecule has 0 aromatic rings. The van der Waals surface area contributed by atoms with Crippen LogP contribution in [0.3, 0.4) is 0 Å². The molecule has 0 bridgehead atoms. The second-order valence-electron chi connectivity index (χ2n) is 14.7. The van der Waals surface area contributed by atoms with Gasteiger partial charge in [-0.15, -0.1) is 0 Å². The molecule has 3 saturated carbocycles. The standard InChI is InChI=1S/C30H52O4/c1-18(22(31)17-25(33)27(4,5)34)19-11-15-30(8)21-9-10-23-26(2,3)24(32)13-14-28(23,6)20(21)12-16-29(19,30)7/h12,18-19,21-25,31-34H,9-11,13-17H2,1-8H3/t18-,19+,21+,22+,23-,24-,25+,28+,29+,30-/m0/s1. The van der Waals surface area contributed by atoms with Crippen LogP contribution >= 0.6 is 0 Å². The first kappa shape index (κ1) is 26.6. The molecule has 4 nitrogen and oxygen atoms in total. The summed E-state index contributed by atoms with van der Waals surface area (Å²) in [4.78, 5) is 0. The Bertz CT molecular complexity index is 811. The number of aliphatic hydroxyl groups excluding tert-OH is 3. The Labute approximate surface area is 208 Å². The molecule has 4 heteroatoms. The van der Waals surface area contributed by atoms with Crippen LogP contribution in [0.4, 0.5) is 0 Å². The molecular weight excluding hydrogens is 424 g/mol. The van der Waals surface area contributed by atoms with Crippen LogP contribution < -0.4 is 0 Å². The quantitative estimate of drug-likeness (QED) is 0.397. The van der Waals surface area contributed by atoms with Gasteiger partial charge < -0.3 is 20.4 Å². The molecule has 0 unspecified atom stereocenters. The zero-order chi connectivity index (χ0) is 25.5. The highest BCUT2D eigenvalue weighted by atomic mass is 16.3. The maximum absolute atomic E-state index is 11.1. The number of allylic oxidation sites excluding steroid dienone is 2. The summed E-state index contributed by atoms with van der Waals surface area (Å²) in [7, 11) is 0. The van der Waals surface area contributed by atoms with Gasteiger partial charge in [0.05, 0.1) is 23.9 Å². The predicted octanol–water partition coefficient (Wildman–Crippen LogP) is 5.47. The molecule has 34 heavy (non-hydrogen) atoms. The summed E-state index contributed by atoms with van der Waals surface area (Å²) in [5.41, 5.74) is 0.934. The fourth-order valence-electron chi connectivity index (χ4n) is 9.60. The molecule has 4 aliphatic rings. The van der Waals surface area contributed by atoms with Crippen molar-refractivity contribution < 1.29 is 20.4 Å². The number of fused-ring (bicyclic) bond motifs is 5. The average Bonchev–Trinajstić information content (AvgIpc) is 3.01. The van der Waals surface area contributed by atoms with E-state index in [2.05, 4.69) is 47.6 Å². The van der Waals surface area contributed by atoms with Crippen molar-refractivity contribution in [1.29, 1.82) is 0 Å². The first-order valence-corrected chi connectivity index (χ1v) is 14.0. The molecule has 4 aliphatic carbocycles. The summed E-state index contributed by atoms with van der Waals surface area (Å²) in [5.74, 6) is 1.58. The topological polar surface area (TPSA) is 80.9 Å². The summed E-state index contributed by atoms with van der Waals surface area (Å²) in [6, 6.07) is 0. The molecule has 0 saturated heterocycles. The van der Waals surface area contributed by atoms with E-state index in [1.807, 2.05) is 0 Å². The highest BCUT2D eigenvalue weighted by Gasteiger charge is 2.65. The van der Waals surface area contributed by atoms with Crippen LogP contribution in [-0.2, 0) is 0 Å². The first-order valence-electron chi connectivity index (χ1n) is 14.0. The minimum atomic E-state index is -1.20. The molecular formula is C30H52O4. The largest absolute Gasteiger partial charge is 0.393 e. The fraction of sp³-hybridized carbons (Fsp3) is 0.933. The Kier molecular flexibility index (Phi) is 6.50. The van der Waals surface area contributed by atoms with Crippen LogP contribution in [-0.4, -0.2) is 44.3 Å². The Morgan fingerprint density at radius 3 is 2.24 bits per heavy atom. The third kappa shape index (κ3) is 3.68. The van der Waals surface area contributed by atoms with Crippen LogP contribution in [0.1, 0.15) is 107 Å². The molecule has 0 aliphatic heterocycles. The van der Waals surface area contributed by atoms with Gasteiger partial charge in [0.1, 0.15) is 0 Å². The van der Waals surface area contributed by atoms with Gasteiger partial charge in [-0.3, -0.25) is 0 Å². The Hall–Kier alpha value is -0.420. The van der Waals surface area contributed by atoms with E-state index in [0.717, 1.165) is 25.7 Å². The van der Waals surface area contributed by atoms with E-state index in [9.17, 15) is 20.4 Å². The van der Waals surface area contributed by atoms with Gasteiger partial charge in [0.25, 0.3) is 0 Å². The van der Waals surface area contributed by atoms with E-state index in [-0.39, 0.29) is 40.1 Å². The van der Waals surface area contributed by atoms with Crippen molar-refractivity contribution in [1.82, 2.24) is 0 Å². The van der Waals surface area contributed by atoms with Crippen molar-refractivity contribution in [3.05, 3.63) is 11.6 Å². The van der Waals surface area contributed by atoms with Gasteiger partial charge in [0.15, 0.2) is 0 Å². The molecule has 4 rings (SSSR count). The van der Waals surface area contributed by atoms with E-state index in [1.54, 1.807) is 19.4 Å². The van der Waals surface area contributed by atoms with E-state index in [0.29, 0.717) is 17.8 Å². The van der Waals surface area contributed by atoms with Gasteiger partial charge in [-0.1, -0.05) is 53.2 Å². The highest BCUT2D eigenvalue weighted by molar-refractivity contribution is 5.32. The Balaban J connectivity index is 1.61. The normalized spacial score (nSPS) is 46.5. The molecule has 0 aromatic heterocycles. The molecule has 196 valence electrons. The zero-order valence-electron chi connectivity index (χ0n) is 23.1. The molecule has 0 aromatic carbocycles. The van der Waals surface area contributed by atoms with Crippen molar-refractivity contribution in [3.63, 3.8) is 0 Å². The van der Waals surface area contributed by atoms with Gasteiger partial charge in [-0.2, -0.15) is 0 Å². The summed E-state index contributed by atoms with van der Waals surface area (Å²) in [5, 5.41) is 42.5. The third-order valence-corrected chi connectivity index (χ3v) is 12.4. The lowest BCUT2D eigenvalue weighted by Crippen LogP contribution is -2.57. The van der Waals surface area contributed by atoms with Crippen LogP contribution in [0, 0.1) is 45.3 Å². The lowest BCUT2D eigenvalue weighted by atomic mass is 9.41. The lowest BCUT2D eigenvalue weighted by Gasteiger charge is -2.64. The summed E-state index contributed by atoms with van der Waals surface area (Å²) >= 11 is 0. The molecule has 0 amide bonds. The van der Waals surface area contributed by atoms with Gasteiger partial charge >= 0.3 is 0 Å². The Morgan fingerprint density at radius 1 is 0.971 bits per heavy atom. The van der Waals surface area contributed by atoms with Crippen molar-refractivity contribution in [3.8, 4) is 0 Å². The minimum absolute atomic E-state index is 0.0430. The summed E-state index contributed by atoms with van der Waals surface area (Å²) < 4.78 is 0. The van der Waals surface area contributed by atoms with Crippen molar-refractivity contribution in [2.75, 3.05) is 0 Å². The molecule has 4 N–H and O–H groups in total. The second-order valence-corrected chi connectivity index (χ2v) is 14.7. The SMILES string of the molecule is C[C@H]([C@H](O)C[C@@H](O)C(C)(C)O)[C@H]1CC[C@@]2(C)[C@@H]3CC[C@H]4C(C)(C)[C@@H](O)CC[C@]4(C)C3=CC[C@]12C. The molecule has 0 heterocycles. The lowest BCUT2D eigenvalue weighted by molar-refractivity contribution is -0.121. The van der Waals surface area contributed by atoms with E-state index < -0.39 is 17.8 Å². The van der Waals surface area contributed by atoms with Crippen LogP contribution in [0.15, 0.2) is 11.6 Å². The summed E-state index contributed by atoms with van der Waals surface area (Å²) in [6.45, 7) is 17.4. The van der Waals surface area contributed by atoms with Gasteiger partial charge in [0, 0.05) is 6.42 Å². The van der Waals surface area contributed by atoms with Crippen molar-refractivity contribution in [2.24, 2.45) is 45.3 Å². The Morgan fingerprint density at radius 2 is 1.62 bits per heavy atom. The smallest absolute Gasteiger partial charge is 0.0850 e. The van der Waals surface area contributed by atoms with Gasteiger partial charge in [-0.25, -0.2) is 0 Å². The van der Waals surface area contributed by atoms with E-state index in [1.165, 1.54) is 19.3 Å². The number of hydrogen-bond donors (Lipinski definition) is 4. The maximum atomic E-state index is 11.1. The van der Waals surface area contributed by atoms with E-state index in [4.69, 9.17) is 0 Å². The van der Waals surface area contributed by atoms with Crippen LogP contribution in [0.5, 0.6) is 0 Å². The number of hydrogen-bond acceptors (Lipinski definition) is 4. The first-order chi connectivity index (χ1) is 15.5. The molecule has 10 atom stereocenters. The maximum Gasteiger partial charge on any atom is 0.0850 e. The predicted molar refractivity (Wildman–Crippen MR) is 137 cm³/mol. The molecule has 3 fully saturated rings. The highest BCUT2D eigenvalue weighted by Crippen LogP contribution is 2.73. The van der Waals surface area contributed by atoms with E-state index >= 15 is 0 Å². The number of aliphatic hydroxyl groups is 4. The van der Waals surface area contributed by atoms with Crippen molar-refractivity contribution >= 4 is 0 Å². The molecule has 0 radical (unpaired) electrons. The molecule has 0 spiro atoms. The fourth-order valence-corrected chi connectivity index (χ4v) is 9.60. The van der Waals surface area contributed by atoms with Crippen LogP contribution in [0.25, 0.3) is 0 Å². The summed E-state index contributed by atoms with van der Waals surface area (Å²) in [6.07, 6.45) is 8.79. The average molecular weight is 477 g/mol. The third-order valence-electron chi connectivity index (χ3n) is 12.4. The number of rotatable bonds is 5. The van der Waals surface area contributed by atoms with Gasteiger partial charge in [0.2, 0.25) is 0 Å². The second kappa shape index (κ2) is 8.30. The minimum Gasteiger partial charge on any atom is -0.393 e. The monoisotopic (exact) mass is 476 g/mol. The zero-order valence-corrected chi connectivity index (χ0v) is 23.1.